The van der Waals surface area contributed by atoms with Gasteiger partial charge in [-0.1, -0.05) is 0 Å². The van der Waals surface area contributed by atoms with Crippen LogP contribution in [-0.2, 0) is 5.54 Å². The molecule has 0 bridgehead atoms. The monoisotopic (exact) mass is 386 g/mol. The first kappa shape index (κ1) is 20.6. The molecule has 6 nitrogen and oxygen atoms in total. The predicted octanol–water partition coefficient (Wildman–Crippen LogP) is 3.84. The van der Waals surface area contributed by atoms with Crippen LogP contribution in [0.3, 0.4) is 0 Å². The van der Waals surface area contributed by atoms with E-state index in [1.54, 1.807) is 14.2 Å². The number of nitrogens with two attached hydrogens (primary N) is 1. The van der Waals surface area contributed by atoms with E-state index in [0.29, 0.717) is 11.5 Å². The zero-order valence-electron chi connectivity index (χ0n) is 15.8. The van der Waals surface area contributed by atoms with Crippen molar-refractivity contribution >= 4 is 12.4 Å². The van der Waals surface area contributed by atoms with Gasteiger partial charge >= 0.3 is 0 Å². The van der Waals surface area contributed by atoms with Crippen LogP contribution < -0.4 is 15.2 Å². The van der Waals surface area contributed by atoms with Gasteiger partial charge in [0, 0.05) is 11.1 Å². The predicted molar refractivity (Wildman–Crippen MR) is 108 cm³/mol. The Bertz CT molecular complexity index is 891. The molecule has 0 fully saturated rings. The summed E-state index contributed by atoms with van der Waals surface area (Å²) >= 11 is 0. The minimum Gasteiger partial charge on any atom is -0.497 e. The first-order chi connectivity index (χ1) is 12.4. The van der Waals surface area contributed by atoms with Crippen molar-refractivity contribution < 1.29 is 9.47 Å². The molecular formula is C20H23ClN4O2. The zero-order valence-corrected chi connectivity index (χ0v) is 16.6. The van der Waals surface area contributed by atoms with Crippen molar-refractivity contribution in [3.8, 4) is 34.0 Å². The molecule has 2 N–H and O–H groups in total. The van der Waals surface area contributed by atoms with Gasteiger partial charge in [-0.3, -0.25) is 0 Å². The third-order valence-corrected chi connectivity index (χ3v) is 3.99. The lowest BCUT2D eigenvalue weighted by molar-refractivity contribution is 0.414. The summed E-state index contributed by atoms with van der Waals surface area (Å²) in [5.74, 6) is 2.04. The Morgan fingerprint density at radius 2 is 1.19 bits per heavy atom. The molecule has 0 aliphatic heterocycles. The van der Waals surface area contributed by atoms with Gasteiger partial charge in [0.15, 0.2) is 5.82 Å². The molecule has 0 saturated heterocycles. The SMILES string of the molecule is COc1ccc(-c2nnc(C(C)(C)N)nc2-c2ccc(OC)cc2)cc1.Cl. The molecule has 27 heavy (non-hydrogen) atoms. The summed E-state index contributed by atoms with van der Waals surface area (Å²) < 4.78 is 10.5. The minimum absolute atomic E-state index is 0. The maximum atomic E-state index is 6.17. The summed E-state index contributed by atoms with van der Waals surface area (Å²) in [6.07, 6.45) is 0. The molecule has 0 unspecified atom stereocenters. The minimum atomic E-state index is -0.688. The topological polar surface area (TPSA) is 83.2 Å². The highest BCUT2D eigenvalue weighted by Gasteiger charge is 2.22. The molecule has 0 aliphatic carbocycles. The second-order valence-electron chi connectivity index (χ2n) is 6.51. The van der Waals surface area contributed by atoms with E-state index in [-0.39, 0.29) is 12.4 Å². The van der Waals surface area contributed by atoms with E-state index in [1.165, 1.54) is 0 Å². The molecule has 1 aromatic heterocycles. The van der Waals surface area contributed by atoms with Gasteiger partial charge < -0.3 is 15.2 Å². The summed E-state index contributed by atoms with van der Waals surface area (Å²) in [4.78, 5) is 4.72. The van der Waals surface area contributed by atoms with Crippen molar-refractivity contribution in [2.75, 3.05) is 14.2 Å². The van der Waals surface area contributed by atoms with Crippen molar-refractivity contribution in [1.29, 1.82) is 0 Å². The zero-order chi connectivity index (χ0) is 18.7. The highest BCUT2D eigenvalue weighted by Crippen LogP contribution is 2.31. The Labute approximate surface area is 165 Å². The molecule has 0 atom stereocenters. The fraction of sp³-hybridized carbons (Fsp3) is 0.250. The Morgan fingerprint density at radius 1 is 0.741 bits per heavy atom. The molecule has 0 radical (unpaired) electrons. The number of hydrogen-bond donors (Lipinski definition) is 1. The largest absolute Gasteiger partial charge is 0.497 e. The molecule has 2 aromatic carbocycles. The number of rotatable bonds is 5. The van der Waals surface area contributed by atoms with Crippen LogP contribution in [0.25, 0.3) is 22.5 Å². The molecule has 142 valence electrons. The highest BCUT2D eigenvalue weighted by molar-refractivity contribution is 5.85. The molecule has 0 amide bonds. The standard InChI is InChI=1S/C20H22N4O2.ClH/c1-20(2,21)19-22-17(13-5-9-15(25-3)10-6-13)18(23-24-19)14-7-11-16(26-4)12-8-14;/h5-12H,21H2,1-4H3;1H. The van der Waals surface area contributed by atoms with Crippen molar-refractivity contribution in [1.82, 2.24) is 15.2 Å². The number of halogens is 1. The van der Waals surface area contributed by atoms with Gasteiger partial charge in [-0.2, -0.15) is 0 Å². The third-order valence-electron chi connectivity index (χ3n) is 3.99. The Hall–Kier alpha value is -2.70. The van der Waals surface area contributed by atoms with E-state index >= 15 is 0 Å². The summed E-state index contributed by atoms with van der Waals surface area (Å²) in [7, 11) is 3.27. The number of ether oxygens (including phenoxy) is 2. The summed E-state index contributed by atoms with van der Waals surface area (Å²) in [6.45, 7) is 3.71. The van der Waals surface area contributed by atoms with Crippen LogP contribution in [0.2, 0.25) is 0 Å². The van der Waals surface area contributed by atoms with E-state index in [4.69, 9.17) is 20.2 Å². The molecule has 0 aliphatic rings. The van der Waals surface area contributed by atoms with Crippen LogP contribution >= 0.6 is 12.4 Å². The van der Waals surface area contributed by atoms with Crippen LogP contribution in [-0.4, -0.2) is 29.4 Å². The lowest BCUT2D eigenvalue weighted by Crippen LogP contribution is -2.32. The van der Waals surface area contributed by atoms with Crippen LogP contribution in [0.5, 0.6) is 11.5 Å². The molecule has 0 spiro atoms. The second-order valence-corrected chi connectivity index (χ2v) is 6.51. The summed E-state index contributed by atoms with van der Waals surface area (Å²) in [6, 6.07) is 15.3. The van der Waals surface area contributed by atoms with Gasteiger partial charge in [0.05, 0.1) is 19.8 Å². The number of benzene rings is 2. The van der Waals surface area contributed by atoms with E-state index in [0.717, 1.165) is 28.3 Å². The molecule has 1 heterocycles. The van der Waals surface area contributed by atoms with Gasteiger partial charge in [-0.05, 0) is 62.4 Å². The average Bonchev–Trinajstić information content (AvgIpc) is 2.67. The van der Waals surface area contributed by atoms with Crippen molar-refractivity contribution in [2.45, 2.75) is 19.4 Å². The third kappa shape index (κ3) is 4.53. The number of hydrogen-bond acceptors (Lipinski definition) is 6. The van der Waals surface area contributed by atoms with Crippen molar-refractivity contribution in [2.24, 2.45) is 5.73 Å². The van der Waals surface area contributed by atoms with E-state index in [1.807, 2.05) is 62.4 Å². The molecular weight excluding hydrogens is 364 g/mol. The molecule has 3 aromatic rings. The van der Waals surface area contributed by atoms with Crippen LogP contribution in [0.1, 0.15) is 19.7 Å². The van der Waals surface area contributed by atoms with Gasteiger partial charge in [0.2, 0.25) is 0 Å². The highest BCUT2D eigenvalue weighted by atomic mass is 35.5. The number of nitrogens with zero attached hydrogens (tertiary/aromatic N) is 3. The van der Waals surface area contributed by atoms with Gasteiger partial charge in [-0.25, -0.2) is 4.98 Å². The smallest absolute Gasteiger partial charge is 0.170 e. The van der Waals surface area contributed by atoms with Crippen molar-refractivity contribution in [3.63, 3.8) is 0 Å². The fourth-order valence-electron chi connectivity index (χ4n) is 2.49. The Kier molecular flexibility index (Phi) is 6.36. The number of methoxy groups -OCH3 is 2. The van der Waals surface area contributed by atoms with Gasteiger partial charge in [-0.15, -0.1) is 22.6 Å². The number of aromatic nitrogens is 3. The quantitative estimate of drug-likeness (QED) is 0.717. The van der Waals surface area contributed by atoms with E-state index < -0.39 is 5.54 Å². The molecule has 3 rings (SSSR count). The molecule has 0 saturated carbocycles. The maximum Gasteiger partial charge on any atom is 0.170 e. The normalized spacial score (nSPS) is 10.9. The Balaban J connectivity index is 0.00000261. The molecule has 7 heteroatoms. The lowest BCUT2D eigenvalue weighted by Gasteiger charge is -2.18. The Morgan fingerprint density at radius 3 is 1.59 bits per heavy atom. The van der Waals surface area contributed by atoms with Crippen LogP contribution in [0.4, 0.5) is 0 Å². The second kappa shape index (κ2) is 8.33. The van der Waals surface area contributed by atoms with Crippen LogP contribution in [0.15, 0.2) is 48.5 Å². The summed E-state index contributed by atoms with van der Waals surface area (Å²) in [5, 5.41) is 8.67. The van der Waals surface area contributed by atoms with Crippen LogP contribution in [0, 0.1) is 0 Å². The average molecular weight is 387 g/mol. The van der Waals surface area contributed by atoms with Gasteiger partial charge in [0.1, 0.15) is 22.9 Å². The van der Waals surface area contributed by atoms with E-state index in [9.17, 15) is 0 Å². The first-order valence-electron chi connectivity index (χ1n) is 8.25. The lowest BCUT2D eigenvalue weighted by atomic mass is 10.0. The maximum absolute atomic E-state index is 6.17. The summed E-state index contributed by atoms with van der Waals surface area (Å²) in [5.41, 5.74) is 8.71. The van der Waals surface area contributed by atoms with Gasteiger partial charge in [0.25, 0.3) is 0 Å². The van der Waals surface area contributed by atoms with E-state index in [2.05, 4.69) is 10.2 Å². The first-order valence-corrected chi connectivity index (χ1v) is 8.25. The fourth-order valence-corrected chi connectivity index (χ4v) is 2.49. The van der Waals surface area contributed by atoms with Crippen molar-refractivity contribution in [3.05, 3.63) is 54.4 Å².